The number of pyridine rings is 2. The van der Waals surface area contributed by atoms with E-state index in [4.69, 9.17) is 5.21 Å². The largest absolute Gasteiger partial charge is 0.315 e. The fourth-order valence-corrected chi connectivity index (χ4v) is 2.66. The number of carbonyl (C=O) groups excluding carboxylic acids is 1. The Morgan fingerprint density at radius 1 is 1.17 bits per heavy atom. The van der Waals surface area contributed by atoms with Gasteiger partial charge in [-0.25, -0.2) is 5.48 Å². The van der Waals surface area contributed by atoms with Crippen molar-refractivity contribution in [2.45, 2.75) is 19.4 Å². The first-order chi connectivity index (χ1) is 11.7. The van der Waals surface area contributed by atoms with Crippen LogP contribution >= 0.6 is 0 Å². The molecule has 0 fully saturated rings. The first-order valence-electron chi connectivity index (χ1n) is 7.65. The van der Waals surface area contributed by atoms with Gasteiger partial charge in [0.1, 0.15) is 0 Å². The quantitative estimate of drug-likeness (QED) is 0.556. The highest BCUT2D eigenvalue weighted by Gasteiger charge is 2.08. The molecule has 0 bridgehead atoms. The van der Waals surface area contributed by atoms with Gasteiger partial charge in [0.15, 0.2) is 0 Å². The highest BCUT2D eigenvalue weighted by atomic mass is 16.5. The van der Waals surface area contributed by atoms with Gasteiger partial charge in [-0.3, -0.25) is 19.8 Å². The van der Waals surface area contributed by atoms with Gasteiger partial charge < -0.3 is 4.57 Å². The molecule has 2 aromatic heterocycles. The number of benzene rings is 1. The molecule has 0 unspecified atom stereocenters. The van der Waals surface area contributed by atoms with Crippen LogP contribution in [0.15, 0.2) is 59.8 Å². The van der Waals surface area contributed by atoms with Crippen LogP contribution in [0.4, 0.5) is 0 Å². The molecule has 3 aromatic rings. The molecule has 122 valence electrons. The summed E-state index contributed by atoms with van der Waals surface area (Å²) in [5.74, 6) is -0.635. The standard InChI is InChI=1S/C18H17N3O3/c22-17(20-24)15-4-3-14-7-11-21(18(23)16(14)12-15)10-1-2-13-5-8-19-9-6-13/h3-9,11-12,24H,1-2,10H2,(H,20,22). The molecule has 2 N–H and O–H groups in total. The number of amides is 1. The number of nitrogens with zero attached hydrogens (tertiary/aromatic N) is 2. The molecule has 0 saturated carbocycles. The SMILES string of the molecule is O=C(NO)c1ccc2ccn(CCCc3ccncc3)c(=O)c2c1. The minimum absolute atomic E-state index is 0.144. The first kappa shape index (κ1) is 15.9. The van der Waals surface area contributed by atoms with Crippen molar-refractivity contribution >= 4 is 16.7 Å². The Kier molecular flexibility index (Phi) is 4.67. The minimum atomic E-state index is -0.635. The van der Waals surface area contributed by atoms with Gasteiger partial charge in [0.2, 0.25) is 0 Å². The maximum atomic E-state index is 12.6. The van der Waals surface area contributed by atoms with E-state index in [1.165, 1.54) is 11.6 Å². The lowest BCUT2D eigenvalue weighted by Gasteiger charge is -2.08. The molecule has 2 heterocycles. The molecule has 0 aliphatic heterocycles. The molecule has 1 aromatic carbocycles. The Labute approximate surface area is 138 Å². The zero-order chi connectivity index (χ0) is 16.9. The summed E-state index contributed by atoms with van der Waals surface area (Å²) in [5, 5.41) is 9.95. The monoisotopic (exact) mass is 323 g/mol. The number of nitrogens with one attached hydrogen (secondary N) is 1. The lowest BCUT2D eigenvalue weighted by molar-refractivity contribution is 0.0706. The highest BCUT2D eigenvalue weighted by molar-refractivity contribution is 5.97. The van der Waals surface area contributed by atoms with Crippen molar-refractivity contribution in [2.24, 2.45) is 0 Å². The highest BCUT2D eigenvalue weighted by Crippen LogP contribution is 2.13. The van der Waals surface area contributed by atoms with E-state index in [9.17, 15) is 9.59 Å². The second-order valence-corrected chi connectivity index (χ2v) is 5.52. The third-order valence-electron chi connectivity index (χ3n) is 3.96. The van der Waals surface area contributed by atoms with Crippen molar-refractivity contribution in [1.82, 2.24) is 15.0 Å². The summed E-state index contributed by atoms with van der Waals surface area (Å²) < 4.78 is 1.64. The van der Waals surface area contributed by atoms with Gasteiger partial charge in [-0.15, -0.1) is 0 Å². The molecule has 0 aliphatic rings. The Bertz CT molecular complexity index is 920. The molecular weight excluding hydrogens is 306 g/mol. The second-order valence-electron chi connectivity index (χ2n) is 5.52. The number of fused-ring (bicyclic) bond motifs is 1. The van der Waals surface area contributed by atoms with Crippen LogP contribution < -0.4 is 11.0 Å². The van der Waals surface area contributed by atoms with E-state index in [-0.39, 0.29) is 11.1 Å². The van der Waals surface area contributed by atoms with E-state index in [0.717, 1.165) is 18.2 Å². The number of hydrogen-bond acceptors (Lipinski definition) is 4. The zero-order valence-corrected chi connectivity index (χ0v) is 13.0. The fourth-order valence-electron chi connectivity index (χ4n) is 2.66. The zero-order valence-electron chi connectivity index (χ0n) is 13.0. The van der Waals surface area contributed by atoms with Crippen LogP contribution in [0, 0.1) is 0 Å². The summed E-state index contributed by atoms with van der Waals surface area (Å²) in [4.78, 5) is 28.1. The average molecular weight is 323 g/mol. The number of hydrogen-bond donors (Lipinski definition) is 2. The normalized spacial score (nSPS) is 10.7. The van der Waals surface area contributed by atoms with Gasteiger partial charge in [-0.2, -0.15) is 0 Å². The maximum absolute atomic E-state index is 12.6. The van der Waals surface area contributed by atoms with Gasteiger partial charge in [0, 0.05) is 36.1 Å². The van der Waals surface area contributed by atoms with Gasteiger partial charge >= 0.3 is 0 Å². The molecule has 24 heavy (non-hydrogen) atoms. The molecule has 0 saturated heterocycles. The van der Waals surface area contributed by atoms with Crippen LogP contribution in [0.25, 0.3) is 10.8 Å². The summed E-state index contributed by atoms with van der Waals surface area (Å²) in [6.07, 6.45) is 6.96. The van der Waals surface area contributed by atoms with Crippen LogP contribution in [0.5, 0.6) is 0 Å². The number of rotatable bonds is 5. The van der Waals surface area contributed by atoms with Crippen LogP contribution in [0.2, 0.25) is 0 Å². The molecule has 6 nitrogen and oxygen atoms in total. The van der Waals surface area contributed by atoms with E-state index >= 15 is 0 Å². The molecular formula is C18H17N3O3. The Hall–Kier alpha value is -2.99. The Balaban J connectivity index is 1.82. The average Bonchev–Trinajstić information content (AvgIpc) is 2.63. The topological polar surface area (TPSA) is 84.2 Å². The van der Waals surface area contributed by atoms with Crippen molar-refractivity contribution in [1.29, 1.82) is 0 Å². The predicted molar refractivity (Wildman–Crippen MR) is 90.0 cm³/mol. The summed E-state index contributed by atoms with van der Waals surface area (Å²) in [5.41, 5.74) is 2.86. The van der Waals surface area contributed by atoms with Crippen LogP contribution in [0.3, 0.4) is 0 Å². The van der Waals surface area contributed by atoms with Crippen LogP contribution in [0.1, 0.15) is 22.3 Å². The Morgan fingerprint density at radius 2 is 1.96 bits per heavy atom. The number of hydroxylamine groups is 1. The molecule has 0 aliphatic carbocycles. The summed E-state index contributed by atoms with van der Waals surface area (Å²) in [7, 11) is 0. The van der Waals surface area contributed by atoms with Gasteiger partial charge in [0.25, 0.3) is 11.5 Å². The van der Waals surface area contributed by atoms with Gasteiger partial charge in [-0.1, -0.05) is 6.07 Å². The second kappa shape index (κ2) is 7.06. The van der Waals surface area contributed by atoms with E-state index < -0.39 is 5.91 Å². The lowest BCUT2D eigenvalue weighted by atomic mass is 10.1. The Morgan fingerprint density at radius 3 is 2.71 bits per heavy atom. The summed E-state index contributed by atoms with van der Waals surface area (Å²) >= 11 is 0. The van der Waals surface area contributed by atoms with E-state index in [2.05, 4.69) is 4.98 Å². The maximum Gasteiger partial charge on any atom is 0.274 e. The summed E-state index contributed by atoms with van der Waals surface area (Å²) in [6.45, 7) is 0.591. The number of aromatic nitrogens is 2. The molecule has 1 amide bonds. The van der Waals surface area contributed by atoms with Crippen molar-refractivity contribution in [3.05, 3.63) is 76.5 Å². The third kappa shape index (κ3) is 3.33. The van der Waals surface area contributed by atoms with Crippen molar-refractivity contribution in [3.63, 3.8) is 0 Å². The molecule has 0 radical (unpaired) electrons. The summed E-state index contributed by atoms with van der Waals surface area (Å²) in [6, 6.07) is 10.5. The van der Waals surface area contributed by atoms with E-state index in [1.54, 1.807) is 40.8 Å². The molecule has 3 rings (SSSR count). The number of carbonyl (C=O) groups is 1. The fraction of sp³-hybridized carbons (Fsp3) is 0.167. The minimum Gasteiger partial charge on any atom is -0.315 e. The van der Waals surface area contributed by atoms with Crippen LogP contribution in [-0.2, 0) is 13.0 Å². The van der Waals surface area contributed by atoms with Gasteiger partial charge in [-0.05, 0) is 54.1 Å². The van der Waals surface area contributed by atoms with Crippen molar-refractivity contribution in [3.8, 4) is 0 Å². The van der Waals surface area contributed by atoms with Gasteiger partial charge in [0.05, 0.1) is 0 Å². The smallest absolute Gasteiger partial charge is 0.274 e. The molecule has 0 spiro atoms. The van der Waals surface area contributed by atoms with Crippen molar-refractivity contribution in [2.75, 3.05) is 0 Å². The predicted octanol–water partition coefficient (Wildman–Crippen LogP) is 2.15. The first-order valence-corrected chi connectivity index (χ1v) is 7.65. The van der Waals surface area contributed by atoms with E-state index in [1.807, 2.05) is 18.2 Å². The van der Waals surface area contributed by atoms with Crippen molar-refractivity contribution < 1.29 is 10.0 Å². The number of aryl methyl sites for hydroxylation is 2. The van der Waals surface area contributed by atoms with Crippen LogP contribution in [-0.4, -0.2) is 20.7 Å². The van der Waals surface area contributed by atoms with E-state index in [0.29, 0.717) is 11.9 Å². The molecule has 0 atom stereocenters. The third-order valence-corrected chi connectivity index (χ3v) is 3.96. The lowest BCUT2D eigenvalue weighted by Crippen LogP contribution is -2.22. The molecule has 6 heteroatoms.